The normalized spacial score (nSPS) is 12.1. The van der Waals surface area contributed by atoms with Gasteiger partial charge in [0, 0.05) is 18.3 Å². The molecule has 2 aromatic rings. The van der Waals surface area contributed by atoms with Crippen molar-refractivity contribution in [1.82, 2.24) is 5.32 Å². The third-order valence-corrected chi connectivity index (χ3v) is 6.11. The van der Waals surface area contributed by atoms with Gasteiger partial charge in [-0.3, -0.25) is 4.99 Å². The molecule has 0 aliphatic heterocycles. The van der Waals surface area contributed by atoms with Gasteiger partial charge in [0.2, 0.25) is 0 Å². The van der Waals surface area contributed by atoms with Gasteiger partial charge in [0.25, 0.3) is 0 Å². The molecule has 182 valence electrons. The van der Waals surface area contributed by atoms with Crippen LogP contribution in [-0.2, 0) is 6.42 Å². The second-order valence-electron chi connectivity index (χ2n) is 8.35. The molecule has 3 heteroatoms. The maximum Gasteiger partial charge on any atom is 0.0831 e. The molecule has 0 saturated heterocycles. The van der Waals surface area contributed by atoms with Gasteiger partial charge in [-0.25, -0.2) is 0 Å². The van der Waals surface area contributed by atoms with E-state index >= 15 is 0 Å². The van der Waals surface area contributed by atoms with E-state index in [-0.39, 0.29) is 0 Å². The van der Waals surface area contributed by atoms with E-state index in [1.165, 1.54) is 27.8 Å². The van der Waals surface area contributed by atoms with Crippen LogP contribution < -0.4 is 10.6 Å². The Morgan fingerprint density at radius 2 is 1.65 bits per heavy atom. The van der Waals surface area contributed by atoms with Crippen molar-refractivity contribution in [2.45, 2.75) is 61.3 Å². The lowest BCUT2D eigenvalue weighted by Crippen LogP contribution is -2.22. The Hall–Kier alpha value is -2.70. The number of hydrogen-bond acceptors (Lipinski definition) is 2. The van der Waals surface area contributed by atoms with Crippen LogP contribution in [0.4, 0.5) is 0 Å². The molecule has 1 unspecified atom stereocenters. The van der Waals surface area contributed by atoms with Crippen LogP contribution in [0.1, 0.15) is 68.9 Å². The fourth-order valence-corrected chi connectivity index (χ4v) is 4.42. The Bertz CT molecular complexity index is 1080. The third kappa shape index (κ3) is 7.96. The van der Waals surface area contributed by atoms with Gasteiger partial charge in [0.15, 0.2) is 0 Å². The van der Waals surface area contributed by atoms with Crippen molar-refractivity contribution in [2.24, 2.45) is 4.99 Å². The Kier molecular flexibility index (Phi) is 12.5. The van der Waals surface area contributed by atoms with Crippen LogP contribution in [0.15, 0.2) is 77.5 Å². The smallest absolute Gasteiger partial charge is 0.0831 e. The average Bonchev–Trinajstić information content (AvgIpc) is 2.80. The zero-order valence-electron chi connectivity index (χ0n) is 22.5. The average molecular weight is 475 g/mol. The molecule has 2 aromatic carbocycles. The highest BCUT2D eigenvalue weighted by atomic mass is 31.0. The summed E-state index contributed by atoms with van der Waals surface area (Å²) in [6, 6.07) is 12.8. The molecule has 0 heterocycles. The van der Waals surface area contributed by atoms with Crippen LogP contribution in [0.3, 0.4) is 0 Å². The lowest BCUT2D eigenvalue weighted by molar-refractivity contribution is 0.941. The number of aryl methyl sites for hydroxylation is 3. The van der Waals surface area contributed by atoms with Gasteiger partial charge in [0.05, 0.1) is 11.4 Å². The molecule has 2 rings (SSSR count). The molecule has 1 atom stereocenters. The minimum Gasteiger partial charge on any atom is -0.354 e. The summed E-state index contributed by atoms with van der Waals surface area (Å²) in [4.78, 5) is 4.64. The monoisotopic (exact) mass is 474 g/mol. The van der Waals surface area contributed by atoms with E-state index in [1.54, 1.807) is 0 Å². The first-order valence-corrected chi connectivity index (χ1v) is 12.6. The highest BCUT2D eigenvalue weighted by molar-refractivity contribution is 7.27. The molecule has 0 aliphatic carbocycles. The van der Waals surface area contributed by atoms with E-state index in [0.29, 0.717) is 0 Å². The Morgan fingerprint density at radius 1 is 1.03 bits per heavy atom. The topological polar surface area (TPSA) is 24.4 Å². The first kappa shape index (κ1) is 29.3. The molecule has 0 aliphatic rings. The van der Waals surface area contributed by atoms with E-state index < -0.39 is 0 Å². The Morgan fingerprint density at radius 3 is 2.21 bits per heavy atom. The van der Waals surface area contributed by atoms with Gasteiger partial charge in [0.1, 0.15) is 0 Å². The van der Waals surface area contributed by atoms with Gasteiger partial charge in [-0.15, -0.1) is 15.8 Å². The summed E-state index contributed by atoms with van der Waals surface area (Å²) in [5.41, 5.74) is 11.3. The molecular formula is C31H43N2P. The van der Waals surface area contributed by atoms with Crippen LogP contribution >= 0.6 is 9.24 Å². The first-order chi connectivity index (χ1) is 16.2. The lowest BCUT2D eigenvalue weighted by atomic mass is 9.94. The number of benzene rings is 2. The second-order valence-corrected chi connectivity index (χ2v) is 8.97. The maximum absolute atomic E-state index is 4.64. The van der Waals surface area contributed by atoms with E-state index in [4.69, 9.17) is 0 Å². The molecule has 0 bridgehead atoms. The fraction of sp³-hybridized carbons (Fsp3) is 0.323. The van der Waals surface area contributed by atoms with Crippen LogP contribution in [0, 0.1) is 13.8 Å². The largest absolute Gasteiger partial charge is 0.354 e. The van der Waals surface area contributed by atoms with Crippen molar-refractivity contribution >= 4 is 32.0 Å². The SMILES string of the molecule is C=C(C)CCc1cccc(C)c1/C=C(\C)C(=NC)/C(=C\C)NC(=C)c1c(C)cccc1P.CC. The van der Waals surface area contributed by atoms with Gasteiger partial charge >= 0.3 is 0 Å². The summed E-state index contributed by atoms with van der Waals surface area (Å²) < 4.78 is 0. The molecule has 0 amide bonds. The van der Waals surface area contributed by atoms with Crippen molar-refractivity contribution in [3.63, 3.8) is 0 Å². The van der Waals surface area contributed by atoms with E-state index in [0.717, 1.165) is 46.4 Å². The molecule has 0 spiro atoms. The standard InChI is InChI=1S/C29H37N2P.C2H6/c1-9-26(31-23(7)28-21(5)13-11-15-27(28)32)29(30-8)22(6)18-25-20(4)12-10-14-24(25)17-16-19(2)3;1-2/h9-15,18,31H,2,7,16-17,32H2,1,3-6,8H3;1-2H3/b22-18+,26-9+,30-29?;. The van der Waals surface area contributed by atoms with E-state index in [1.807, 2.05) is 27.8 Å². The number of nitrogens with one attached hydrogen (secondary N) is 1. The highest BCUT2D eigenvalue weighted by Gasteiger charge is 2.14. The third-order valence-electron chi connectivity index (χ3n) is 5.63. The van der Waals surface area contributed by atoms with Crippen molar-refractivity contribution in [2.75, 3.05) is 7.05 Å². The zero-order chi connectivity index (χ0) is 25.8. The zero-order valence-corrected chi connectivity index (χ0v) is 23.6. The van der Waals surface area contributed by atoms with Gasteiger partial charge in [-0.2, -0.15) is 0 Å². The molecule has 0 aromatic heterocycles. The number of nitrogens with zero attached hydrogens (tertiary/aromatic N) is 1. The predicted molar refractivity (Wildman–Crippen MR) is 159 cm³/mol. The molecular weight excluding hydrogens is 431 g/mol. The van der Waals surface area contributed by atoms with Crippen molar-refractivity contribution < 1.29 is 0 Å². The minimum atomic E-state index is 0.869. The summed E-state index contributed by atoms with van der Waals surface area (Å²) in [5, 5.41) is 4.65. The minimum absolute atomic E-state index is 0.869. The number of rotatable bonds is 9. The number of allylic oxidation sites excluding steroid dienone is 3. The Balaban J connectivity index is 0.00000281. The Labute approximate surface area is 210 Å². The molecule has 0 fully saturated rings. The molecule has 0 radical (unpaired) electrons. The first-order valence-electron chi connectivity index (χ1n) is 12.1. The van der Waals surface area contributed by atoms with E-state index in [9.17, 15) is 0 Å². The molecule has 34 heavy (non-hydrogen) atoms. The summed E-state index contributed by atoms with van der Waals surface area (Å²) >= 11 is 0. The van der Waals surface area contributed by atoms with Gasteiger partial charge < -0.3 is 5.32 Å². The predicted octanol–water partition coefficient (Wildman–Crippen LogP) is 7.98. The van der Waals surface area contributed by atoms with Crippen LogP contribution in [0.2, 0.25) is 0 Å². The molecule has 0 saturated carbocycles. The quantitative estimate of drug-likeness (QED) is 0.222. The highest BCUT2D eigenvalue weighted by Crippen LogP contribution is 2.23. The summed E-state index contributed by atoms with van der Waals surface area (Å²) in [5.74, 6) is 0. The molecule has 1 N–H and O–H groups in total. The van der Waals surface area contributed by atoms with E-state index in [2.05, 4.69) is 109 Å². The molecule has 2 nitrogen and oxygen atoms in total. The fourth-order valence-electron chi connectivity index (χ4n) is 3.90. The lowest BCUT2D eigenvalue weighted by Gasteiger charge is -2.19. The number of hydrogen-bond donors (Lipinski definition) is 1. The van der Waals surface area contributed by atoms with Crippen molar-refractivity contribution in [3.8, 4) is 0 Å². The van der Waals surface area contributed by atoms with Crippen molar-refractivity contribution in [3.05, 3.63) is 100 Å². The summed E-state index contributed by atoms with van der Waals surface area (Å²) in [6.45, 7) is 22.9. The number of aliphatic imine (C=N–C) groups is 1. The van der Waals surface area contributed by atoms with Crippen LogP contribution in [0.25, 0.3) is 11.8 Å². The second kappa shape index (κ2) is 14.5. The maximum atomic E-state index is 4.64. The summed E-state index contributed by atoms with van der Waals surface area (Å²) in [7, 11) is 4.65. The van der Waals surface area contributed by atoms with Crippen molar-refractivity contribution in [1.29, 1.82) is 0 Å². The van der Waals surface area contributed by atoms with Gasteiger partial charge in [-0.05, 0) is 86.7 Å². The van der Waals surface area contributed by atoms with Crippen LogP contribution in [0.5, 0.6) is 0 Å². The van der Waals surface area contributed by atoms with Crippen LogP contribution in [-0.4, -0.2) is 12.8 Å². The summed E-state index contributed by atoms with van der Waals surface area (Å²) in [6.07, 6.45) is 6.30. The van der Waals surface area contributed by atoms with Gasteiger partial charge in [-0.1, -0.05) is 68.5 Å².